The van der Waals surface area contributed by atoms with Crippen LogP contribution in [0, 0.1) is 5.82 Å². The normalized spacial score (nSPS) is 18.1. The van der Waals surface area contributed by atoms with Crippen molar-refractivity contribution in [3.63, 3.8) is 0 Å². The number of halogens is 1. The van der Waals surface area contributed by atoms with Crippen LogP contribution in [0.25, 0.3) is 0 Å². The van der Waals surface area contributed by atoms with Gasteiger partial charge in [0, 0.05) is 18.7 Å². The van der Waals surface area contributed by atoms with E-state index < -0.39 is 42.0 Å². The predicted octanol–water partition coefficient (Wildman–Crippen LogP) is 0.203. The summed E-state index contributed by atoms with van der Waals surface area (Å²) in [5.74, 6) is -3.45. The molecule has 0 bridgehead atoms. The zero-order valence-electron chi connectivity index (χ0n) is 11.5. The highest BCUT2D eigenvalue weighted by atomic mass is 19.1. The maximum atomic E-state index is 13.2. The molecule has 1 aliphatic rings. The Morgan fingerprint density at radius 1 is 1.45 bits per heavy atom. The summed E-state index contributed by atoms with van der Waals surface area (Å²) in [5.41, 5.74) is 0.716. The number of carboxylic acids is 1. The number of hydrogen-bond acceptors (Lipinski definition) is 4. The molecule has 1 aliphatic heterocycles. The Bertz CT molecular complexity index is 619. The van der Waals surface area contributed by atoms with Gasteiger partial charge in [-0.2, -0.15) is 0 Å². The molecule has 118 valence electrons. The Morgan fingerprint density at radius 3 is 2.86 bits per heavy atom. The number of carboxylic acid groups (broad SMARTS) is 1. The summed E-state index contributed by atoms with van der Waals surface area (Å²) >= 11 is 0. The average Bonchev–Trinajstić information content (AvgIpc) is 2.42. The van der Waals surface area contributed by atoms with Crippen molar-refractivity contribution in [2.45, 2.75) is 24.9 Å². The van der Waals surface area contributed by atoms with E-state index in [2.05, 4.69) is 10.6 Å². The summed E-state index contributed by atoms with van der Waals surface area (Å²) < 4.78 is 13.2. The summed E-state index contributed by atoms with van der Waals surface area (Å²) in [6, 6.07) is 3.74. The number of benzene rings is 1. The number of anilines is 1. The molecule has 1 aromatic carbocycles. The van der Waals surface area contributed by atoms with Crippen molar-refractivity contribution in [1.29, 1.82) is 0 Å². The van der Waals surface area contributed by atoms with Crippen LogP contribution in [0.4, 0.5) is 10.1 Å². The highest BCUT2D eigenvalue weighted by Crippen LogP contribution is 2.32. The number of fused-ring (bicyclic) bond motifs is 1. The molecule has 0 fully saturated rings. The number of aliphatic hydroxyl groups is 1. The fourth-order valence-electron chi connectivity index (χ4n) is 2.29. The largest absolute Gasteiger partial charge is 0.481 e. The van der Waals surface area contributed by atoms with Crippen LogP contribution >= 0.6 is 0 Å². The number of carbonyl (C=O) groups excluding carboxylic acids is 2. The standard InChI is InChI=1S/C14H15FN2O5/c15-7-1-2-9-10(5-12(19)17-11(9)3-7)14(22)16-6-8(18)4-13(20)21/h1-3,8,10,18H,4-6H2,(H,16,22)(H,17,19)(H,20,21). The van der Waals surface area contributed by atoms with Gasteiger partial charge in [0.15, 0.2) is 0 Å². The molecule has 4 N–H and O–H groups in total. The van der Waals surface area contributed by atoms with Gasteiger partial charge in [0.05, 0.1) is 18.4 Å². The molecule has 1 aromatic rings. The Hall–Kier alpha value is -2.48. The van der Waals surface area contributed by atoms with Gasteiger partial charge in [-0.3, -0.25) is 14.4 Å². The van der Waals surface area contributed by atoms with E-state index in [9.17, 15) is 23.9 Å². The van der Waals surface area contributed by atoms with E-state index >= 15 is 0 Å². The van der Waals surface area contributed by atoms with Crippen molar-refractivity contribution in [3.05, 3.63) is 29.6 Å². The van der Waals surface area contributed by atoms with E-state index in [0.717, 1.165) is 6.07 Å². The Labute approximate surface area is 125 Å². The van der Waals surface area contributed by atoms with Crippen LogP contribution in [0.15, 0.2) is 18.2 Å². The molecular weight excluding hydrogens is 295 g/mol. The first-order chi connectivity index (χ1) is 10.4. The second kappa shape index (κ2) is 6.52. The lowest BCUT2D eigenvalue weighted by Gasteiger charge is -2.25. The van der Waals surface area contributed by atoms with E-state index in [4.69, 9.17) is 5.11 Å². The Balaban J connectivity index is 2.07. The topological polar surface area (TPSA) is 116 Å². The summed E-state index contributed by atoms with van der Waals surface area (Å²) in [7, 11) is 0. The number of aliphatic carboxylic acids is 1. The first-order valence-electron chi connectivity index (χ1n) is 6.63. The first kappa shape index (κ1) is 15.9. The van der Waals surface area contributed by atoms with E-state index in [1.807, 2.05) is 0 Å². The summed E-state index contributed by atoms with van der Waals surface area (Å²) in [6.45, 7) is -0.236. The van der Waals surface area contributed by atoms with Crippen LogP contribution in [-0.4, -0.2) is 40.6 Å². The van der Waals surface area contributed by atoms with Crippen LogP contribution in [0.2, 0.25) is 0 Å². The fourth-order valence-corrected chi connectivity index (χ4v) is 2.29. The molecular formula is C14H15FN2O5. The van der Waals surface area contributed by atoms with Crippen LogP contribution in [-0.2, 0) is 14.4 Å². The van der Waals surface area contributed by atoms with Gasteiger partial charge in [0.1, 0.15) is 5.82 Å². The lowest BCUT2D eigenvalue weighted by Crippen LogP contribution is -2.39. The zero-order chi connectivity index (χ0) is 16.3. The minimum absolute atomic E-state index is 0.0977. The third-order valence-electron chi connectivity index (χ3n) is 3.29. The molecule has 2 rings (SSSR count). The van der Waals surface area contributed by atoms with Crippen LogP contribution in [0.1, 0.15) is 24.3 Å². The molecule has 2 amide bonds. The highest BCUT2D eigenvalue weighted by Gasteiger charge is 2.31. The lowest BCUT2D eigenvalue weighted by atomic mass is 9.89. The van der Waals surface area contributed by atoms with E-state index in [1.165, 1.54) is 12.1 Å². The fraction of sp³-hybridized carbons (Fsp3) is 0.357. The molecule has 2 atom stereocenters. The zero-order valence-corrected chi connectivity index (χ0v) is 11.5. The minimum atomic E-state index is -1.22. The van der Waals surface area contributed by atoms with Gasteiger partial charge in [0.2, 0.25) is 11.8 Å². The molecule has 22 heavy (non-hydrogen) atoms. The number of rotatable bonds is 5. The molecule has 0 saturated heterocycles. The minimum Gasteiger partial charge on any atom is -0.481 e. The quantitative estimate of drug-likeness (QED) is 0.620. The van der Waals surface area contributed by atoms with Crippen molar-refractivity contribution in [1.82, 2.24) is 5.32 Å². The van der Waals surface area contributed by atoms with Crippen LogP contribution < -0.4 is 10.6 Å². The van der Waals surface area contributed by atoms with E-state index in [0.29, 0.717) is 5.56 Å². The van der Waals surface area contributed by atoms with Crippen LogP contribution in [0.3, 0.4) is 0 Å². The SMILES string of the molecule is O=C(O)CC(O)CNC(=O)C1CC(=O)Nc2cc(F)ccc21. The third kappa shape index (κ3) is 3.79. The number of amides is 2. The van der Waals surface area contributed by atoms with E-state index in [1.54, 1.807) is 0 Å². The van der Waals surface area contributed by atoms with Gasteiger partial charge in [-0.05, 0) is 17.7 Å². The summed E-state index contributed by atoms with van der Waals surface area (Å²) in [5, 5.41) is 22.9. The maximum absolute atomic E-state index is 13.2. The monoisotopic (exact) mass is 310 g/mol. The van der Waals surface area contributed by atoms with Crippen molar-refractivity contribution in [2.75, 3.05) is 11.9 Å². The average molecular weight is 310 g/mol. The molecule has 0 spiro atoms. The van der Waals surface area contributed by atoms with Gasteiger partial charge < -0.3 is 20.8 Å². The molecule has 1 heterocycles. The number of hydrogen-bond donors (Lipinski definition) is 4. The highest BCUT2D eigenvalue weighted by molar-refractivity contribution is 6.01. The van der Waals surface area contributed by atoms with Gasteiger partial charge in [-0.15, -0.1) is 0 Å². The number of nitrogens with one attached hydrogen (secondary N) is 2. The van der Waals surface area contributed by atoms with Crippen molar-refractivity contribution in [2.24, 2.45) is 0 Å². The van der Waals surface area contributed by atoms with Gasteiger partial charge in [-0.25, -0.2) is 4.39 Å². The second-order valence-electron chi connectivity index (χ2n) is 5.03. The van der Waals surface area contributed by atoms with Gasteiger partial charge >= 0.3 is 5.97 Å². The molecule has 0 saturated carbocycles. The molecule has 2 unspecified atom stereocenters. The molecule has 0 aliphatic carbocycles. The number of carbonyl (C=O) groups is 3. The van der Waals surface area contributed by atoms with E-state index in [-0.39, 0.29) is 18.7 Å². The molecule has 0 aromatic heterocycles. The predicted molar refractivity (Wildman–Crippen MR) is 73.7 cm³/mol. The third-order valence-corrected chi connectivity index (χ3v) is 3.29. The number of aliphatic hydroxyl groups excluding tert-OH is 1. The van der Waals surface area contributed by atoms with Gasteiger partial charge in [-0.1, -0.05) is 6.07 Å². The van der Waals surface area contributed by atoms with Crippen molar-refractivity contribution in [3.8, 4) is 0 Å². The Kier molecular flexibility index (Phi) is 4.71. The summed E-state index contributed by atoms with van der Waals surface area (Å²) in [4.78, 5) is 34.2. The molecule has 7 nitrogen and oxygen atoms in total. The summed E-state index contributed by atoms with van der Waals surface area (Å²) in [6.07, 6.45) is -1.81. The molecule has 0 radical (unpaired) electrons. The van der Waals surface area contributed by atoms with Crippen molar-refractivity contribution < 1.29 is 29.0 Å². The lowest BCUT2D eigenvalue weighted by molar-refractivity contribution is -0.139. The molecule has 8 heteroatoms. The first-order valence-corrected chi connectivity index (χ1v) is 6.63. The maximum Gasteiger partial charge on any atom is 0.306 e. The van der Waals surface area contributed by atoms with Crippen molar-refractivity contribution >= 4 is 23.5 Å². The smallest absolute Gasteiger partial charge is 0.306 e. The second-order valence-corrected chi connectivity index (χ2v) is 5.03. The Morgan fingerprint density at radius 2 is 2.18 bits per heavy atom. The van der Waals surface area contributed by atoms with Crippen LogP contribution in [0.5, 0.6) is 0 Å². The van der Waals surface area contributed by atoms with Gasteiger partial charge in [0.25, 0.3) is 0 Å².